The highest BCUT2D eigenvalue weighted by Crippen LogP contribution is 2.30. The molecule has 0 atom stereocenters. The van der Waals surface area contributed by atoms with Crippen molar-refractivity contribution in [3.63, 3.8) is 0 Å². The predicted octanol–water partition coefficient (Wildman–Crippen LogP) is 6.39. The maximum Gasteiger partial charge on any atom is 0.416 e. The minimum Gasteiger partial charge on any atom is -0.494 e. The molecule has 0 aliphatic rings. The number of halogens is 3. The van der Waals surface area contributed by atoms with Gasteiger partial charge in [0.05, 0.1) is 12.2 Å². The van der Waals surface area contributed by atoms with Crippen LogP contribution in [0.1, 0.15) is 46.0 Å². The fourth-order valence-corrected chi connectivity index (χ4v) is 2.98. The molecule has 3 aromatic rings. The number of alkyl halides is 3. The molecule has 0 aromatic heterocycles. The first-order valence-corrected chi connectivity index (χ1v) is 10.4. The van der Waals surface area contributed by atoms with Gasteiger partial charge in [-0.05, 0) is 61.0 Å². The van der Waals surface area contributed by atoms with Gasteiger partial charge in [0.15, 0.2) is 0 Å². The number of nitrogens with one attached hydrogen (secondary N) is 2. The van der Waals surface area contributed by atoms with E-state index < -0.39 is 17.6 Å². The minimum absolute atomic E-state index is 0.0177. The lowest BCUT2D eigenvalue weighted by Crippen LogP contribution is -2.15. The van der Waals surface area contributed by atoms with Crippen molar-refractivity contribution in [1.82, 2.24) is 0 Å². The number of anilines is 2. The van der Waals surface area contributed by atoms with E-state index in [1.807, 2.05) is 0 Å². The average Bonchev–Trinajstić information content (AvgIpc) is 2.79. The van der Waals surface area contributed by atoms with Crippen LogP contribution >= 0.6 is 0 Å². The Morgan fingerprint density at radius 1 is 0.818 bits per heavy atom. The van der Waals surface area contributed by atoms with Gasteiger partial charge < -0.3 is 15.4 Å². The van der Waals surface area contributed by atoms with Crippen LogP contribution < -0.4 is 15.4 Å². The van der Waals surface area contributed by atoms with E-state index in [0.717, 1.165) is 25.0 Å². The summed E-state index contributed by atoms with van der Waals surface area (Å²) < 4.78 is 44.3. The molecular weight excluding hydrogens is 433 g/mol. The molecule has 0 aliphatic heterocycles. The third-order valence-corrected chi connectivity index (χ3v) is 4.69. The van der Waals surface area contributed by atoms with Gasteiger partial charge in [-0.15, -0.1) is 0 Å². The van der Waals surface area contributed by atoms with Gasteiger partial charge in [0.2, 0.25) is 0 Å². The van der Waals surface area contributed by atoms with E-state index in [0.29, 0.717) is 23.6 Å². The number of carbonyl (C=O) groups is 2. The van der Waals surface area contributed by atoms with Gasteiger partial charge in [0, 0.05) is 22.5 Å². The van der Waals surface area contributed by atoms with Gasteiger partial charge in [0.1, 0.15) is 5.75 Å². The zero-order chi connectivity index (χ0) is 23.8. The number of hydrogen-bond acceptors (Lipinski definition) is 3. The zero-order valence-electron chi connectivity index (χ0n) is 17.9. The van der Waals surface area contributed by atoms with Crippen LogP contribution in [0.3, 0.4) is 0 Å². The molecule has 0 heterocycles. The first-order valence-electron chi connectivity index (χ1n) is 10.4. The van der Waals surface area contributed by atoms with Gasteiger partial charge >= 0.3 is 6.18 Å². The molecule has 33 heavy (non-hydrogen) atoms. The van der Waals surface area contributed by atoms with Gasteiger partial charge in [-0.1, -0.05) is 31.5 Å². The first kappa shape index (κ1) is 23.8. The summed E-state index contributed by atoms with van der Waals surface area (Å²) in [5, 5.41) is 5.16. The van der Waals surface area contributed by atoms with E-state index in [1.165, 1.54) is 24.3 Å². The maximum atomic E-state index is 12.9. The van der Waals surface area contributed by atoms with Crippen molar-refractivity contribution in [2.45, 2.75) is 25.9 Å². The summed E-state index contributed by atoms with van der Waals surface area (Å²) in [7, 11) is 0. The van der Waals surface area contributed by atoms with Crippen LogP contribution in [-0.2, 0) is 6.18 Å². The lowest BCUT2D eigenvalue weighted by Gasteiger charge is -2.11. The van der Waals surface area contributed by atoms with Crippen LogP contribution in [0.2, 0.25) is 0 Å². The summed E-state index contributed by atoms with van der Waals surface area (Å²) in [6.45, 7) is 2.62. The molecule has 3 rings (SSSR count). The Balaban J connectivity index is 1.68. The van der Waals surface area contributed by atoms with Crippen molar-refractivity contribution in [2.75, 3.05) is 17.2 Å². The number of ether oxygens (including phenoxy) is 1. The fourth-order valence-electron chi connectivity index (χ4n) is 2.98. The molecule has 0 saturated heterocycles. The number of unbranched alkanes of at least 4 members (excludes halogenated alkanes) is 1. The Hall–Kier alpha value is -3.81. The van der Waals surface area contributed by atoms with Crippen molar-refractivity contribution in [2.24, 2.45) is 0 Å². The third-order valence-electron chi connectivity index (χ3n) is 4.69. The number of benzene rings is 3. The topological polar surface area (TPSA) is 67.4 Å². The van der Waals surface area contributed by atoms with Crippen LogP contribution in [0, 0.1) is 0 Å². The van der Waals surface area contributed by atoms with E-state index in [4.69, 9.17) is 4.74 Å². The van der Waals surface area contributed by atoms with Gasteiger partial charge in [-0.2, -0.15) is 13.2 Å². The Morgan fingerprint density at radius 3 is 2.03 bits per heavy atom. The number of rotatable bonds is 8. The van der Waals surface area contributed by atoms with Crippen LogP contribution in [0.4, 0.5) is 24.5 Å². The van der Waals surface area contributed by atoms with E-state index in [-0.39, 0.29) is 17.2 Å². The van der Waals surface area contributed by atoms with Crippen LogP contribution in [0.25, 0.3) is 0 Å². The van der Waals surface area contributed by atoms with Crippen LogP contribution in [0.15, 0.2) is 72.8 Å². The highest BCUT2D eigenvalue weighted by atomic mass is 19.4. The molecule has 3 aromatic carbocycles. The fraction of sp³-hybridized carbons (Fsp3) is 0.200. The lowest BCUT2D eigenvalue weighted by atomic mass is 10.1. The summed E-state index contributed by atoms with van der Waals surface area (Å²) in [6.07, 6.45) is -2.60. The first-order chi connectivity index (χ1) is 15.8. The predicted molar refractivity (Wildman–Crippen MR) is 121 cm³/mol. The van der Waals surface area contributed by atoms with Gasteiger partial charge in [0.25, 0.3) is 11.8 Å². The molecule has 0 bridgehead atoms. The monoisotopic (exact) mass is 456 g/mol. The SMILES string of the molecule is CCCCOc1cccc(C(=O)Nc2cccc(C(=O)Nc3cccc(C(F)(F)F)c3)c2)c1. The summed E-state index contributed by atoms with van der Waals surface area (Å²) in [5.74, 6) is -0.395. The molecule has 172 valence electrons. The molecule has 0 fully saturated rings. The Bertz CT molecular complexity index is 1130. The summed E-state index contributed by atoms with van der Waals surface area (Å²) in [4.78, 5) is 25.2. The third kappa shape index (κ3) is 6.83. The van der Waals surface area contributed by atoms with Crippen molar-refractivity contribution < 1.29 is 27.5 Å². The van der Waals surface area contributed by atoms with E-state index in [2.05, 4.69) is 17.6 Å². The standard InChI is InChI=1S/C25H23F3N2O3/c1-2-3-13-33-22-12-5-8-18(15-22)24(32)29-20-10-4-7-17(14-20)23(31)30-21-11-6-9-19(16-21)25(26,27)28/h4-12,14-16H,2-3,13H2,1H3,(H,29,32)(H,30,31). The highest BCUT2D eigenvalue weighted by molar-refractivity contribution is 6.07. The number of carbonyl (C=O) groups excluding carboxylic acids is 2. The van der Waals surface area contributed by atoms with Gasteiger partial charge in [-0.25, -0.2) is 0 Å². The van der Waals surface area contributed by atoms with E-state index in [9.17, 15) is 22.8 Å². The normalized spacial score (nSPS) is 11.0. The van der Waals surface area contributed by atoms with Crippen molar-refractivity contribution in [3.05, 3.63) is 89.5 Å². The molecule has 0 unspecified atom stereocenters. The highest BCUT2D eigenvalue weighted by Gasteiger charge is 2.30. The molecule has 0 radical (unpaired) electrons. The maximum absolute atomic E-state index is 12.9. The molecule has 0 spiro atoms. The minimum atomic E-state index is -4.51. The van der Waals surface area contributed by atoms with E-state index in [1.54, 1.807) is 36.4 Å². The van der Waals surface area contributed by atoms with E-state index >= 15 is 0 Å². The zero-order valence-corrected chi connectivity index (χ0v) is 17.9. The quantitative estimate of drug-likeness (QED) is 0.386. The molecule has 2 N–H and O–H groups in total. The van der Waals surface area contributed by atoms with Crippen LogP contribution in [0.5, 0.6) is 5.75 Å². The van der Waals surface area contributed by atoms with Crippen molar-refractivity contribution >= 4 is 23.2 Å². The Morgan fingerprint density at radius 2 is 1.39 bits per heavy atom. The molecule has 0 aliphatic carbocycles. The second kappa shape index (κ2) is 10.7. The summed E-state index contributed by atoms with van der Waals surface area (Å²) in [6, 6.07) is 17.3. The molecular formula is C25H23F3N2O3. The lowest BCUT2D eigenvalue weighted by molar-refractivity contribution is -0.137. The molecule has 5 nitrogen and oxygen atoms in total. The Labute approximate surface area is 189 Å². The smallest absolute Gasteiger partial charge is 0.416 e. The van der Waals surface area contributed by atoms with Crippen molar-refractivity contribution in [1.29, 1.82) is 0 Å². The van der Waals surface area contributed by atoms with Crippen molar-refractivity contribution in [3.8, 4) is 5.75 Å². The number of amides is 2. The Kier molecular flexibility index (Phi) is 7.71. The molecule has 2 amide bonds. The molecule has 8 heteroatoms. The number of hydrogen-bond donors (Lipinski definition) is 2. The largest absolute Gasteiger partial charge is 0.494 e. The van der Waals surface area contributed by atoms with Gasteiger partial charge in [-0.3, -0.25) is 9.59 Å². The molecule has 0 saturated carbocycles. The average molecular weight is 456 g/mol. The van der Waals surface area contributed by atoms with Crippen LogP contribution in [-0.4, -0.2) is 18.4 Å². The summed E-state index contributed by atoms with van der Waals surface area (Å²) in [5.41, 5.74) is 0.102. The second-order valence-electron chi connectivity index (χ2n) is 7.30. The second-order valence-corrected chi connectivity index (χ2v) is 7.30. The summed E-state index contributed by atoms with van der Waals surface area (Å²) >= 11 is 0.